The predicted octanol–water partition coefficient (Wildman–Crippen LogP) is 6.43. The molecule has 9 heteroatoms. The third-order valence-electron chi connectivity index (χ3n) is 8.60. The molecule has 3 heterocycles. The molecular weight excluding hydrogens is 506 g/mol. The first-order valence-corrected chi connectivity index (χ1v) is 14.5. The number of guanidine groups is 1. The van der Waals surface area contributed by atoms with Gasteiger partial charge in [-0.25, -0.2) is 9.98 Å². The van der Waals surface area contributed by atoms with Gasteiger partial charge in [-0.3, -0.25) is 4.68 Å². The first kappa shape index (κ1) is 27.5. The third-order valence-corrected chi connectivity index (χ3v) is 8.60. The van der Waals surface area contributed by atoms with Crippen molar-refractivity contribution in [2.45, 2.75) is 95.7 Å². The van der Waals surface area contributed by atoms with Gasteiger partial charge in [-0.1, -0.05) is 61.9 Å². The number of aromatic nitrogens is 4. The van der Waals surface area contributed by atoms with Crippen molar-refractivity contribution in [2.24, 2.45) is 16.6 Å². The maximum atomic E-state index is 6.62. The Kier molecular flexibility index (Phi) is 9.06. The van der Waals surface area contributed by atoms with Gasteiger partial charge in [-0.15, -0.1) is 5.10 Å². The van der Waals surface area contributed by atoms with Gasteiger partial charge in [-0.2, -0.15) is 13.5 Å². The number of para-hydroxylation sites is 1. The molecular formula is C30H41N7OS. The van der Waals surface area contributed by atoms with Gasteiger partial charge in [0.25, 0.3) is 0 Å². The Labute approximate surface area is 238 Å². The fourth-order valence-electron chi connectivity index (χ4n) is 6.54. The minimum Gasteiger partial charge on any atom is -0.439 e. The van der Waals surface area contributed by atoms with Gasteiger partial charge < -0.3 is 15.4 Å². The van der Waals surface area contributed by atoms with Gasteiger partial charge in [0, 0.05) is 42.9 Å². The molecule has 0 spiro atoms. The summed E-state index contributed by atoms with van der Waals surface area (Å²) in [7, 11) is 0. The second-order valence-corrected chi connectivity index (χ2v) is 11.2. The lowest BCUT2D eigenvalue weighted by Gasteiger charge is -2.41. The normalized spacial score (nSPS) is 19.1. The standard InChI is InChI=1S/C30H39N7O.H2S/c31-30-33-26-19-32-29(38-25-14-8-3-9-15-25)18-24(26)20-37(30)28(23-12-6-2-7-13-23)16-17-36-21-27(34-35-36)22-10-4-1-5-11-22;/h3,8-9,14-15,18-19,21-23,28H,1-2,4-7,10-13,16-17,20H2,(H2,31,33);1H2/t28-;/m0./s1. The van der Waals surface area contributed by atoms with E-state index in [1.54, 1.807) is 6.20 Å². The van der Waals surface area contributed by atoms with Crippen LogP contribution >= 0.6 is 13.5 Å². The minimum absolute atomic E-state index is 0. The number of nitrogens with two attached hydrogens (primary N) is 1. The minimum atomic E-state index is 0. The number of benzene rings is 1. The van der Waals surface area contributed by atoms with Gasteiger partial charge >= 0.3 is 0 Å². The van der Waals surface area contributed by atoms with Crippen LogP contribution in [0.25, 0.3) is 0 Å². The maximum absolute atomic E-state index is 6.62. The molecule has 1 aliphatic heterocycles. The van der Waals surface area contributed by atoms with Gasteiger partial charge in [0.1, 0.15) is 5.75 Å². The molecule has 0 radical (unpaired) electrons. The Bertz CT molecular complexity index is 1240. The topological polar surface area (TPSA) is 94.5 Å². The van der Waals surface area contributed by atoms with E-state index in [-0.39, 0.29) is 13.5 Å². The Morgan fingerprint density at radius 3 is 2.49 bits per heavy atom. The Balaban J connectivity index is 0.00000308. The Morgan fingerprint density at radius 1 is 0.974 bits per heavy atom. The van der Waals surface area contributed by atoms with Crippen LogP contribution in [0, 0.1) is 5.92 Å². The predicted molar refractivity (Wildman–Crippen MR) is 159 cm³/mol. The van der Waals surface area contributed by atoms with E-state index < -0.39 is 0 Å². The van der Waals surface area contributed by atoms with Crippen molar-refractivity contribution < 1.29 is 4.74 Å². The molecule has 3 aromatic rings. The largest absolute Gasteiger partial charge is 0.439 e. The monoisotopic (exact) mass is 547 g/mol. The van der Waals surface area contributed by atoms with Crippen molar-refractivity contribution in [3.63, 3.8) is 0 Å². The van der Waals surface area contributed by atoms with E-state index in [2.05, 4.69) is 31.1 Å². The zero-order valence-corrected chi connectivity index (χ0v) is 23.7. The smallest absolute Gasteiger partial charge is 0.219 e. The fraction of sp³-hybridized carbons (Fsp3) is 0.533. The number of aryl methyl sites for hydroxylation is 1. The number of nitrogens with zero attached hydrogens (tertiary/aromatic N) is 6. The Morgan fingerprint density at radius 2 is 1.72 bits per heavy atom. The molecule has 1 aromatic carbocycles. The van der Waals surface area contributed by atoms with Crippen LogP contribution in [0.2, 0.25) is 0 Å². The quantitative estimate of drug-likeness (QED) is 0.349. The molecule has 2 N–H and O–H groups in total. The summed E-state index contributed by atoms with van der Waals surface area (Å²) >= 11 is 0. The van der Waals surface area contributed by atoms with E-state index in [1.807, 2.05) is 36.4 Å². The molecule has 39 heavy (non-hydrogen) atoms. The summed E-state index contributed by atoms with van der Waals surface area (Å²) in [5.74, 6) is 3.12. The lowest BCUT2D eigenvalue weighted by molar-refractivity contribution is 0.158. The maximum Gasteiger partial charge on any atom is 0.219 e. The van der Waals surface area contributed by atoms with Crippen LogP contribution in [0.4, 0.5) is 5.69 Å². The molecule has 0 amide bonds. The van der Waals surface area contributed by atoms with Crippen molar-refractivity contribution >= 4 is 25.1 Å². The summed E-state index contributed by atoms with van der Waals surface area (Å²) in [4.78, 5) is 11.6. The first-order valence-electron chi connectivity index (χ1n) is 14.5. The molecule has 2 aromatic heterocycles. The average molecular weight is 548 g/mol. The molecule has 0 saturated heterocycles. The lowest BCUT2D eigenvalue weighted by Crippen LogP contribution is -2.49. The van der Waals surface area contributed by atoms with Gasteiger partial charge in [-0.05, 0) is 50.2 Å². The highest BCUT2D eigenvalue weighted by atomic mass is 32.1. The van der Waals surface area contributed by atoms with E-state index in [0.29, 0.717) is 36.3 Å². The van der Waals surface area contributed by atoms with Crippen LogP contribution in [-0.4, -0.2) is 36.9 Å². The van der Waals surface area contributed by atoms with Gasteiger partial charge in [0.15, 0.2) is 5.96 Å². The molecule has 6 rings (SSSR count). The second kappa shape index (κ2) is 12.9. The second-order valence-electron chi connectivity index (χ2n) is 11.2. The molecule has 0 unspecified atom stereocenters. The summed E-state index contributed by atoms with van der Waals surface area (Å²) in [5.41, 5.74) is 9.71. The first-order chi connectivity index (χ1) is 18.7. The van der Waals surface area contributed by atoms with Crippen molar-refractivity contribution in [3.8, 4) is 11.6 Å². The van der Waals surface area contributed by atoms with Gasteiger partial charge in [0.05, 0.1) is 17.6 Å². The number of pyridine rings is 1. The molecule has 208 valence electrons. The number of aliphatic imine (C=N–C) groups is 1. The highest BCUT2D eigenvalue weighted by molar-refractivity contribution is 7.59. The van der Waals surface area contributed by atoms with E-state index in [4.69, 9.17) is 15.5 Å². The van der Waals surface area contributed by atoms with Crippen LogP contribution in [0.3, 0.4) is 0 Å². The van der Waals surface area contributed by atoms with Crippen LogP contribution in [-0.2, 0) is 13.1 Å². The van der Waals surface area contributed by atoms with Crippen molar-refractivity contribution in [2.75, 3.05) is 0 Å². The van der Waals surface area contributed by atoms with Crippen molar-refractivity contribution in [3.05, 3.63) is 60.0 Å². The summed E-state index contributed by atoms with van der Waals surface area (Å²) in [6.07, 6.45) is 17.8. The van der Waals surface area contributed by atoms with E-state index in [0.717, 1.165) is 30.0 Å². The van der Waals surface area contributed by atoms with E-state index >= 15 is 0 Å². The molecule has 1 atom stereocenters. The summed E-state index contributed by atoms with van der Waals surface area (Å²) in [5, 5.41) is 9.08. The van der Waals surface area contributed by atoms with Crippen molar-refractivity contribution in [1.82, 2.24) is 24.9 Å². The number of hydrogen-bond acceptors (Lipinski definition) is 7. The molecule has 2 saturated carbocycles. The summed E-state index contributed by atoms with van der Waals surface area (Å²) in [6, 6.07) is 12.1. The lowest BCUT2D eigenvalue weighted by atomic mass is 9.81. The number of hydrogen-bond donors (Lipinski definition) is 1. The molecule has 2 aliphatic carbocycles. The molecule has 2 fully saturated rings. The zero-order valence-electron chi connectivity index (χ0n) is 22.7. The Hall–Kier alpha value is -3.07. The fourth-order valence-corrected chi connectivity index (χ4v) is 6.54. The van der Waals surface area contributed by atoms with Crippen LogP contribution in [0.15, 0.2) is 53.8 Å². The van der Waals surface area contributed by atoms with Crippen LogP contribution in [0.5, 0.6) is 11.6 Å². The number of ether oxygens (including phenoxy) is 1. The van der Waals surface area contributed by atoms with E-state index in [1.165, 1.54) is 69.9 Å². The van der Waals surface area contributed by atoms with Crippen molar-refractivity contribution in [1.29, 1.82) is 0 Å². The van der Waals surface area contributed by atoms with Crippen LogP contribution < -0.4 is 10.5 Å². The molecule has 3 aliphatic rings. The third kappa shape index (κ3) is 6.57. The summed E-state index contributed by atoms with van der Waals surface area (Å²) in [6.45, 7) is 1.56. The van der Waals surface area contributed by atoms with E-state index in [9.17, 15) is 0 Å². The highest BCUT2D eigenvalue weighted by Crippen LogP contribution is 2.36. The van der Waals surface area contributed by atoms with Crippen LogP contribution in [0.1, 0.15) is 87.8 Å². The van der Waals surface area contributed by atoms with Gasteiger partial charge in [0.2, 0.25) is 5.88 Å². The zero-order chi connectivity index (χ0) is 25.7. The average Bonchev–Trinajstić information content (AvgIpc) is 3.44. The number of fused-ring (bicyclic) bond motifs is 1. The summed E-state index contributed by atoms with van der Waals surface area (Å²) < 4.78 is 8.07. The molecule has 8 nitrogen and oxygen atoms in total. The number of rotatable bonds is 8. The highest BCUT2D eigenvalue weighted by Gasteiger charge is 2.32. The molecule has 0 bridgehead atoms. The SMILES string of the molecule is NC1=Nc2cnc(Oc3ccccc3)cc2CN1[C@@H](CCn1cc(C2CCCCC2)nn1)C1CCCCC1.S.